The second-order valence-corrected chi connectivity index (χ2v) is 5.73. The molecule has 1 N–H and O–H groups in total. The summed E-state index contributed by atoms with van der Waals surface area (Å²) < 4.78 is 5.35. The summed E-state index contributed by atoms with van der Waals surface area (Å²) in [7, 11) is 0. The molecule has 0 bridgehead atoms. The molecule has 2 rings (SSSR count). The molecular weight excluding hydrogens is 258 g/mol. The zero-order valence-corrected chi connectivity index (χ0v) is 12.4. The summed E-state index contributed by atoms with van der Waals surface area (Å²) in [5, 5.41) is 3.11. The molecule has 0 radical (unpaired) electrons. The molecule has 1 atom stereocenters. The second-order valence-electron chi connectivity index (χ2n) is 5.21. The quantitative estimate of drug-likeness (QED) is 0.835. The first-order valence-corrected chi connectivity index (χ1v) is 7.21. The first-order chi connectivity index (χ1) is 9.08. The average molecular weight is 279 g/mol. The lowest BCUT2D eigenvalue weighted by molar-refractivity contribution is 0.0538. The van der Waals surface area contributed by atoms with Crippen molar-refractivity contribution in [3.05, 3.63) is 29.3 Å². The molecule has 1 aromatic rings. The first kappa shape index (κ1) is 14.4. The van der Waals surface area contributed by atoms with Crippen molar-refractivity contribution in [1.82, 2.24) is 5.32 Å². The number of aryl methyl sites for hydroxylation is 1. The number of hydrogen-bond acceptors (Lipinski definition) is 3. The molecule has 1 aromatic carbocycles. The van der Waals surface area contributed by atoms with Gasteiger partial charge in [-0.1, -0.05) is 6.07 Å². The number of hydrogen-bond donors (Lipinski definition) is 2. The van der Waals surface area contributed by atoms with Crippen LogP contribution in [0.25, 0.3) is 0 Å². The molecule has 0 saturated carbocycles. The molecule has 0 aromatic heterocycles. The van der Waals surface area contributed by atoms with E-state index in [2.05, 4.69) is 24.9 Å². The van der Waals surface area contributed by atoms with Gasteiger partial charge in [0.15, 0.2) is 0 Å². The van der Waals surface area contributed by atoms with Gasteiger partial charge in [-0.05, 0) is 50.3 Å². The number of nitrogens with one attached hydrogen (secondary N) is 1. The standard InChI is InChI=1S/C15H21NO2S/c1-10-3-4-13(19)9-14(10)15(17)16-11(2)12-5-7-18-8-6-12/h3-4,9,11-12,19H,5-8H2,1-2H3,(H,16,17). The summed E-state index contributed by atoms with van der Waals surface area (Å²) in [5.41, 5.74) is 1.70. The Morgan fingerprint density at radius 3 is 2.79 bits per heavy atom. The molecule has 1 fully saturated rings. The van der Waals surface area contributed by atoms with Crippen molar-refractivity contribution in [2.75, 3.05) is 13.2 Å². The van der Waals surface area contributed by atoms with E-state index in [1.165, 1.54) is 0 Å². The molecule has 3 nitrogen and oxygen atoms in total. The average Bonchev–Trinajstić information content (AvgIpc) is 2.42. The third-order valence-corrected chi connectivity index (χ3v) is 4.08. The van der Waals surface area contributed by atoms with Crippen molar-refractivity contribution in [3.8, 4) is 0 Å². The number of rotatable bonds is 3. The van der Waals surface area contributed by atoms with Gasteiger partial charge in [0.1, 0.15) is 0 Å². The summed E-state index contributed by atoms with van der Waals surface area (Å²) in [4.78, 5) is 13.1. The van der Waals surface area contributed by atoms with Gasteiger partial charge in [0.05, 0.1) is 0 Å². The van der Waals surface area contributed by atoms with Crippen LogP contribution in [0.15, 0.2) is 23.1 Å². The highest BCUT2D eigenvalue weighted by molar-refractivity contribution is 7.80. The third kappa shape index (κ3) is 3.74. The van der Waals surface area contributed by atoms with Gasteiger partial charge in [-0.2, -0.15) is 0 Å². The third-order valence-electron chi connectivity index (χ3n) is 3.80. The predicted octanol–water partition coefficient (Wildman–Crippen LogP) is 2.83. The lowest BCUT2D eigenvalue weighted by atomic mass is 9.92. The Morgan fingerprint density at radius 2 is 2.11 bits per heavy atom. The van der Waals surface area contributed by atoms with Gasteiger partial charge in [0, 0.05) is 29.7 Å². The molecule has 19 heavy (non-hydrogen) atoms. The Labute approximate surface area is 120 Å². The Hall–Kier alpha value is -1.00. The molecule has 1 unspecified atom stereocenters. The van der Waals surface area contributed by atoms with Crippen LogP contribution in [0.2, 0.25) is 0 Å². The fourth-order valence-electron chi connectivity index (χ4n) is 2.47. The molecule has 1 amide bonds. The van der Waals surface area contributed by atoms with Crippen LogP contribution in [-0.4, -0.2) is 25.2 Å². The predicted molar refractivity (Wildman–Crippen MR) is 78.9 cm³/mol. The molecule has 1 saturated heterocycles. The molecule has 1 heterocycles. The molecular formula is C15H21NO2S. The normalized spacial score (nSPS) is 18.1. The minimum atomic E-state index is -0.00704. The summed E-state index contributed by atoms with van der Waals surface area (Å²) >= 11 is 4.29. The van der Waals surface area contributed by atoms with Crippen molar-refractivity contribution >= 4 is 18.5 Å². The first-order valence-electron chi connectivity index (χ1n) is 6.76. The maximum atomic E-state index is 12.3. The molecule has 0 aliphatic carbocycles. The summed E-state index contributed by atoms with van der Waals surface area (Å²) in [6.45, 7) is 5.63. The molecule has 0 spiro atoms. The van der Waals surface area contributed by atoms with E-state index < -0.39 is 0 Å². The van der Waals surface area contributed by atoms with Crippen molar-refractivity contribution in [1.29, 1.82) is 0 Å². The maximum Gasteiger partial charge on any atom is 0.251 e. The van der Waals surface area contributed by atoms with Crippen LogP contribution in [0.4, 0.5) is 0 Å². The van der Waals surface area contributed by atoms with E-state index in [1.54, 1.807) is 0 Å². The lowest BCUT2D eigenvalue weighted by Gasteiger charge is -2.28. The van der Waals surface area contributed by atoms with Crippen molar-refractivity contribution in [2.24, 2.45) is 5.92 Å². The van der Waals surface area contributed by atoms with Crippen LogP contribution < -0.4 is 5.32 Å². The van der Waals surface area contributed by atoms with Crippen molar-refractivity contribution in [3.63, 3.8) is 0 Å². The van der Waals surface area contributed by atoms with E-state index in [4.69, 9.17) is 4.74 Å². The summed E-state index contributed by atoms with van der Waals surface area (Å²) in [5.74, 6) is 0.504. The molecule has 104 valence electrons. The molecule has 1 aliphatic heterocycles. The fourth-order valence-corrected chi connectivity index (χ4v) is 2.68. The lowest BCUT2D eigenvalue weighted by Crippen LogP contribution is -2.40. The Morgan fingerprint density at radius 1 is 1.42 bits per heavy atom. The van der Waals surface area contributed by atoms with E-state index in [0.717, 1.165) is 36.5 Å². The Kier molecular flexibility index (Phi) is 4.88. The zero-order valence-electron chi connectivity index (χ0n) is 11.5. The number of amides is 1. The summed E-state index contributed by atoms with van der Waals surface area (Å²) in [6.07, 6.45) is 2.04. The Balaban J connectivity index is 2.01. The van der Waals surface area contributed by atoms with Crippen LogP contribution in [0.5, 0.6) is 0 Å². The second kappa shape index (κ2) is 6.44. The largest absolute Gasteiger partial charge is 0.381 e. The monoisotopic (exact) mass is 279 g/mol. The van der Waals surface area contributed by atoms with Crippen LogP contribution in [0, 0.1) is 12.8 Å². The van der Waals surface area contributed by atoms with E-state index in [-0.39, 0.29) is 11.9 Å². The topological polar surface area (TPSA) is 38.3 Å². The van der Waals surface area contributed by atoms with Gasteiger partial charge < -0.3 is 10.1 Å². The number of thiol groups is 1. The molecule has 4 heteroatoms. The van der Waals surface area contributed by atoms with Gasteiger partial charge in [-0.15, -0.1) is 12.6 Å². The summed E-state index contributed by atoms with van der Waals surface area (Å²) in [6, 6.07) is 5.83. The minimum Gasteiger partial charge on any atom is -0.381 e. The van der Waals surface area contributed by atoms with E-state index in [0.29, 0.717) is 11.5 Å². The van der Waals surface area contributed by atoms with E-state index in [9.17, 15) is 4.79 Å². The van der Waals surface area contributed by atoms with Gasteiger partial charge in [-0.3, -0.25) is 4.79 Å². The highest BCUT2D eigenvalue weighted by Crippen LogP contribution is 2.20. The van der Waals surface area contributed by atoms with Gasteiger partial charge in [-0.25, -0.2) is 0 Å². The van der Waals surface area contributed by atoms with Gasteiger partial charge >= 0.3 is 0 Å². The van der Waals surface area contributed by atoms with Crippen LogP contribution in [-0.2, 0) is 4.74 Å². The van der Waals surface area contributed by atoms with Crippen LogP contribution in [0.1, 0.15) is 35.7 Å². The minimum absolute atomic E-state index is 0.00704. The number of ether oxygens (including phenoxy) is 1. The fraction of sp³-hybridized carbons (Fsp3) is 0.533. The smallest absolute Gasteiger partial charge is 0.251 e. The van der Waals surface area contributed by atoms with E-state index >= 15 is 0 Å². The SMILES string of the molecule is Cc1ccc(S)cc1C(=O)NC(C)C1CCOCC1. The van der Waals surface area contributed by atoms with Gasteiger partial charge in [0.2, 0.25) is 0 Å². The highest BCUT2D eigenvalue weighted by Gasteiger charge is 2.22. The number of benzene rings is 1. The van der Waals surface area contributed by atoms with Crippen LogP contribution >= 0.6 is 12.6 Å². The van der Waals surface area contributed by atoms with E-state index in [1.807, 2.05) is 25.1 Å². The van der Waals surface area contributed by atoms with Crippen molar-refractivity contribution in [2.45, 2.75) is 37.6 Å². The molecule has 1 aliphatic rings. The Bertz CT molecular complexity index is 455. The van der Waals surface area contributed by atoms with Crippen molar-refractivity contribution < 1.29 is 9.53 Å². The maximum absolute atomic E-state index is 12.3. The van der Waals surface area contributed by atoms with Gasteiger partial charge in [0.25, 0.3) is 5.91 Å². The number of carbonyl (C=O) groups is 1. The number of carbonyl (C=O) groups excluding carboxylic acids is 1. The highest BCUT2D eigenvalue weighted by atomic mass is 32.1. The zero-order chi connectivity index (χ0) is 13.8. The van der Waals surface area contributed by atoms with Crippen LogP contribution in [0.3, 0.4) is 0 Å².